The lowest BCUT2D eigenvalue weighted by Gasteiger charge is -2.52. The largest absolute Gasteiger partial charge is 0.497 e. The molecule has 2 aromatic rings. The van der Waals surface area contributed by atoms with Gasteiger partial charge in [-0.15, -0.1) is 0 Å². The molecular weight excluding hydrogens is 446 g/mol. The number of anilines is 1. The van der Waals surface area contributed by atoms with Gasteiger partial charge >= 0.3 is 11.9 Å². The molecule has 5 atom stereocenters. The first kappa shape index (κ1) is 24.5. The van der Waals surface area contributed by atoms with Crippen molar-refractivity contribution < 1.29 is 28.6 Å². The maximum Gasteiger partial charge on any atom is 0.310 e. The summed E-state index contributed by atoms with van der Waals surface area (Å²) in [5, 5.41) is 0. The summed E-state index contributed by atoms with van der Waals surface area (Å²) in [6, 6.07) is 16.7. The molecule has 0 aromatic heterocycles. The summed E-state index contributed by atoms with van der Waals surface area (Å²) >= 11 is 0. The van der Waals surface area contributed by atoms with Gasteiger partial charge in [0.1, 0.15) is 5.75 Å². The van der Waals surface area contributed by atoms with Crippen molar-refractivity contribution in [3.63, 3.8) is 0 Å². The fourth-order valence-electron chi connectivity index (χ4n) is 5.23. The fraction of sp³-hybridized carbons (Fsp3) is 0.393. The van der Waals surface area contributed by atoms with Crippen molar-refractivity contribution in [3.8, 4) is 5.75 Å². The van der Waals surface area contributed by atoms with Gasteiger partial charge in [-0.05, 0) is 50.1 Å². The van der Waals surface area contributed by atoms with E-state index in [9.17, 15) is 14.4 Å². The summed E-state index contributed by atoms with van der Waals surface area (Å²) in [6.45, 7) is 3.88. The minimum atomic E-state index is -0.799. The number of carbonyl (C=O) groups is 3. The molecule has 1 aliphatic heterocycles. The Kier molecular flexibility index (Phi) is 7.54. The number of benzene rings is 2. The third kappa shape index (κ3) is 4.67. The van der Waals surface area contributed by atoms with Crippen LogP contribution in [0.2, 0.25) is 0 Å². The smallest absolute Gasteiger partial charge is 0.310 e. The number of para-hydroxylation sites is 1. The van der Waals surface area contributed by atoms with E-state index in [1.807, 2.05) is 66.7 Å². The molecule has 35 heavy (non-hydrogen) atoms. The zero-order valence-electron chi connectivity index (χ0n) is 20.3. The van der Waals surface area contributed by atoms with Crippen molar-refractivity contribution in [2.75, 3.05) is 25.2 Å². The number of allylic oxidation sites excluding steroid dienone is 2. The van der Waals surface area contributed by atoms with E-state index >= 15 is 0 Å². The molecule has 0 N–H and O–H groups in total. The molecular formula is C28H31NO6. The number of amides is 1. The molecule has 1 fully saturated rings. The van der Waals surface area contributed by atoms with Crippen LogP contribution in [0.5, 0.6) is 5.75 Å². The van der Waals surface area contributed by atoms with Crippen LogP contribution in [0.25, 0.3) is 0 Å². The van der Waals surface area contributed by atoms with Gasteiger partial charge in [0, 0.05) is 11.6 Å². The van der Waals surface area contributed by atoms with Crippen LogP contribution in [0, 0.1) is 23.7 Å². The van der Waals surface area contributed by atoms with E-state index in [-0.39, 0.29) is 25.2 Å². The Labute approximate surface area is 205 Å². The maximum absolute atomic E-state index is 13.7. The molecule has 1 saturated heterocycles. The Morgan fingerprint density at radius 3 is 2.23 bits per heavy atom. The van der Waals surface area contributed by atoms with Gasteiger partial charge in [0.05, 0.1) is 44.1 Å². The lowest BCUT2D eigenvalue weighted by molar-refractivity contribution is -0.164. The highest BCUT2D eigenvalue weighted by Crippen LogP contribution is 2.51. The molecule has 1 aliphatic carbocycles. The molecule has 1 heterocycles. The summed E-state index contributed by atoms with van der Waals surface area (Å²) in [5.74, 6) is -2.82. The van der Waals surface area contributed by atoms with Crippen molar-refractivity contribution in [3.05, 3.63) is 72.3 Å². The van der Waals surface area contributed by atoms with Crippen LogP contribution in [-0.2, 0) is 23.9 Å². The molecule has 2 aliphatic rings. The second-order valence-corrected chi connectivity index (χ2v) is 8.67. The van der Waals surface area contributed by atoms with Crippen molar-refractivity contribution in [1.82, 2.24) is 0 Å². The van der Waals surface area contributed by atoms with Crippen LogP contribution < -0.4 is 9.64 Å². The molecule has 0 spiro atoms. The van der Waals surface area contributed by atoms with E-state index in [2.05, 4.69) is 0 Å². The first-order valence-electron chi connectivity index (χ1n) is 12.0. The highest BCUT2D eigenvalue weighted by molar-refractivity contribution is 6.04. The number of esters is 2. The van der Waals surface area contributed by atoms with E-state index in [0.29, 0.717) is 12.2 Å². The van der Waals surface area contributed by atoms with Gasteiger partial charge in [-0.2, -0.15) is 0 Å². The Hall–Kier alpha value is -3.61. The predicted octanol–water partition coefficient (Wildman–Crippen LogP) is 4.33. The summed E-state index contributed by atoms with van der Waals surface area (Å²) in [6.07, 6.45) is 4.15. The monoisotopic (exact) mass is 477 g/mol. The van der Waals surface area contributed by atoms with Gasteiger partial charge < -0.3 is 19.1 Å². The first-order valence-corrected chi connectivity index (χ1v) is 12.0. The summed E-state index contributed by atoms with van der Waals surface area (Å²) < 4.78 is 16.0. The van der Waals surface area contributed by atoms with Crippen molar-refractivity contribution in [2.45, 2.75) is 26.3 Å². The number of β-lactam (4-membered cyclic amide) rings is 1. The molecule has 0 unspecified atom stereocenters. The number of hydrogen-bond donors (Lipinski definition) is 0. The fourth-order valence-corrected chi connectivity index (χ4v) is 5.23. The van der Waals surface area contributed by atoms with E-state index in [1.54, 1.807) is 25.9 Å². The summed E-state index contributed by atoms with van der Waals surface area (Å²) in [5.41, 5.74) is 1.71. The number of methoxy groups -OCH3 is 1. The van der Waals surface area contributed by atoms with Gasteiger partial charge in [0.25, 0.3) is 0 Å². The van der Waals surface area contributed by atoms with Crippen LogP contribution in [0.4, 0.5) is 5.69 Å². The molecule has 0 bridgehead atoms. The zero-order valence-corrected chi connectivity index (χ0v) is 20.3. The topological polar surface area (TPSA) is 82.1 Å². The van der Waals surface area contributed by atoms with Crippen LogP contribution in [0.1, 0.15) is 31.9 Å². The number of nitrogens with zero attached hydrogens (tertiary/aromatic N) is 1. The Balaban J connectivity index is 1.75. The highest BCUT2D eigenvalue weighted by Gasteiger charge is 2.57. The molecule has 0 saturated carbocycles. The van der Waals surface area contributed by atoms with Gasteiger partial charge in [-0.1, -0.05) is 42.5 Å². The molecule has 0 radical (unpaired) electrons. The summed E-state index contributed by atoms with van der Waals surface area (Å²) in [7, 11) is 1.60. The second kappa shape index (κ2) is 10.8. The van der Waals surface area contributed by atoms with E-state index in [4.69, 9.17) is 14.2 Å². The normalized spacial score (nSPS) is 25.5. The number of rotatable bonds is 8. The number of ether oxygens (including phenoxy) is 3. The van der Waals surface area contributed by atoms with E-state index in [0.717, 1.165) is 11.3 Å². The maximum atomic E-state index is 13.7. The van der Waals surface area contributed by atoms with Gasteiger partial charge in [-0.3, -0.25) is 14.4 Å². The predicted molar refractivity (Wildman–Crippen MR) is 131 cm³/mol. The third-order valence-electron chi connectivity index (χ3n) is 6.79. The van der Waals surface area contributed by atoms with Crippen molar-refractivity contribution >= 4 is 23.5 Å². The molecule has 1 amide bonds. The lowest BCUT2D eigenvalue weighted by Crippen LogP contribution is -2.60. The lowest BCUT2D eigenvalue weighted by atomic mass is 9.64. The van der Waals surface area contributed by atoms with Gasteiger partial charge in [0.15, 0.2) is 0 Å². The standard InChI is InChI=1S/C28H31NO6/c1-4-34-27(31)22-13-9-12-21(23(22)28(32)35-5-2)24-25(18-14-16-20(33-3)17-15-18)29(26(24)30)19-10-7-6-8-11-19/h6-12,14-17,21-25H,4-5,13H2,1-3H3/t21-,22+,23+,24+,25+/m0/s1. The number of hydrogen-bond acceptors (Lipinski definition) is 6. The Bertz CT molecular complexity index is 1080. The van der Waals surface area contributed by atoms with E-state index < -0.39 is 35.6 Å². The Morgan fingerprint density at radius 2 is 1.60 bits per heavy atom. The van der Waals surface area contributed by atoms with Crippen molar-refractivity contribution in [2.24, 2.45) is 23.7 Å². The molecule has 7 heteroatoms. The molecule has 184 valence electrons. The first-order chi connectivity index (χ1) is 17.0. The quantitative estimate of drug-likeness (QED) is 0.320. The average molecular weight is 478 g/mol. The average Bonchev–Trinajstić information content (AvgIpc) is 2.88. The van der Waals surface area contributed by atoms with Crippen LogP contribution in [0.3, 0.4) is 0 Å². The minimum Gasteiger partial charge on any atom is -0.497 e. The molecule has 4 rings (SSSR count). The SMILES string of the molecule is CCOC(=O)[C@@H]1[C@@H]([C@H]2C(=O)N(c3ccccc3)[C@@H]2c2ccc(OC)cc2)C=CC[C@H]1C(=O)OCC. The third-order valence-corrected chi connectivity index (χ3v) is 6.79. The number of carbonyl (C=O) groups excluding carboxylic acids is 3. The second-order valence-electron chi connectivity index (χ2n) is 8.67. The van der Waals surface area contributed by atoms with Gasteiger partial charge in [-0.25, -0.2) is 0 Å². The van der Waals surface area contributed by atoms with Crippen LogP contribution >= 0.6 is 0 Å². The highest BCUT2D eigenvalue weighted by atomic mass is 16.5. The Morgan fingerprint density at radius 1 is 0.943 bits per heavy atom. The van der Waals surface area contributed by atoms with Crippen molar-refractivity contribution in [1.29, 1.82) is 0 Å². The zero-order chi connectivity index (χ0) is 24.9. The molecule has 2 aromatic carbocycles. The van der Waals surface area contributed by atoms with Crippen LogP contribution in [-0.4, -0.2) is 38.2 Å². The van der Waals surface area contributed by atoms with Gasteiger partial charge in [0.2, 0.25) is 5.91 Å². The molecule has 7 nitrogen and oxygen atoms in total. The van der Waals surface area contributed by atoms with Crippen LogP contribution in [0.15, 0.2) is 66.7 Å². The van der Waals surface area contributed by atoms with E-state index in [1.165, 1.54) is 0 Å². The summed E-state index contributed by atoms with van der Waals surface area (Å²) in [4.78, 5) is 41.4. The minimum absolute atomic E-state index is 0.0922.